The number of rotatable bonds is 5. The van der Waals surface area contributed by atoms with Crippen LogP contribution in [0.5, 0.6) is 5.75 Å². The molecular formula is C19H16ClN2O5-. The van der Waals surface area contributed by atoms with Crippen molar-refractivity contribution < 1.29 is 24.2 Å². The number of anilines is 2. The summed E-state index contributed by atoms with van der Waals surface area (Å²) in [6.07, 6.45) is 0.0294. The van der Waals surface area contributed by atoms with Crippen LogP contribution in [-0.4, -0.2) is 31.4 Å². The highest BCUT2D eigenvalue weighted by Gasteiger charge is 2.36. The van der Waals surface area contributed by atoms with Gasteiger partial charge < -0.3 is 24.9 Å². The maximum atomic E-state index is 12.5. The van der Waals surface area contributed by atoms with Gasteiger partial charge in [-0.2, -0.15) is 0 Å². The first-order valence-electron chi connectivity index (χ1n) is 8.15. The Balaban J connectivity index is 1.75. The lowest BCUT2D eigenvalue weighted by molar-refractivity contribution is -0.255. The topological polar surface area (TPSA) is 98.8 Å². The highest BCUT2D eigenvalue weighted by atomic mass is 35.5. The summed E-state index contributed by atoms with van der Waals surface area (Å²) in [6, 6.07) is 10.7. The van der Waals surface area contributed by atoms with Gasteiger partial charge in [0.1, 0.15) is 5.75 Å². The largest absolute Gasteiger partial charge is 0.545 e. The first-order valence-corrected chi connectivity index (χ1v) is 8.53. The number of halogens is 1. The molecule has 1 aliphatic heterocycles. The van der Waals surface area contributed by atoms with Gasteiger partial charge in [0.05, 0.1) is 24.7 Å². The molecular weight excluding hydrogens is 372 g/mol. The van der Waals surface area contributed by atoms with Crippen LogP contribution in [0.3, 0.4) is 0 Å². The third kappa shape index (κ3) is 4.03. The van der Waals surface area contributed by atoms with Crippen molar-refractivity contribution in [2.75, 3.05) is 23.9 Å². The summed E-state index contributed by atoms with van der Waals surface area (Å²) in [4.78, 5) is 37.3. The van der Waals surface area contributed by atoms with Gasteiger partial charge in [-0.1, -0.05) is 23.7 Å². The number of benzene rings is 2. The Kier molecular flexibility index (Phi) is 5.32. The monoisotopic (exact) mass is 387 g/mol. The third-order valence-electron chi connectivity index (χ3n) is 4.29. The van der Waals surface area contributed by atoms with Crippen LogP contribution < -0.4 is 20.1 Å². The van der Waals surface area contributed by atoms with Crippen molar-refractivity contribution in [1.82, 2.24) is 0 Å². The number of hydrogen-bond donors (Lipinski definition) is 1. The molecule has 2 aromatic carbocycles. The van der Waals surface area contributed by atoms with Gasteiger partial charge in [-0.25, -0.2) is 0 Å². The molecule has 1 N–H and O–H groups in total. The molecule has 7 nitrogen and oxygen atoms in total. The minimum absolute atomic E-state index is 0.0294. The smallest absolute Gasteiger partial charge is 0.229 e. The number of carbonyl (C=O) groups excluding carboxylic acids is 3. The predicted octanol–water partition coefficient (Wildman–Crippen LogP) is 1.70. The molecule has 0 radical (unpaired) electrons. The van der Waals surface area contributed by atoms with Crippen LogP contribution in [-0.2, 0) is 9.59 Å². The molecule has 0 unspecified atom stereocenters. The standard InChI is InChI=1S/C19H17ClN2O5/c1-27-16-6-5-13(20)9-15(16)22-10-12(8-17(22)23)18(24)21-14-4-2-3-11(7-14)19(25)26/h2-7,9,12H,8,10H2,1H3,(H,21,24)(H,25,26)/p-1/t12-/m0/s1. The first kappa shape index (κ1) is 18.7. The zero-order chi connectivity index (χ0) is 19.6. The number of nitrogens with zero attached hydrogens (tertiary/aromatic N) is 1. The summed E-state index contributed by atoms with van der Waals surface area (Å²) in [5.41, 5.74) is 0.790. The number of carbonyl (C=O) groups is 3. The zero-order valence-electron chi connectivity index (χ0n) is 14.4. The van der Waals surface area contributed by atoms with E-state index in [9.17, 15) is 19.5 Å². The fourth-order valence-electron chi connectivity index (χ4n) is 2.96. The maximum absolute atomic E-state index is 12.5. The summed E-state index contributed by atoms with van der Waals surface area (Å²) in [5.74, 6) is -2.04. The summed E-state index contributed by atoms with van der Waals surface area (Å²) < 4.78 is 5.27. The van der Waals surface area contributed by atoms with E-state index in [0.29, 0.717) is 22.1 Å². The Morgan fingerprint density at radius 2 is 2.04 bits per heavy atom. The average molecular weight is 388 g/mol. The van der Waals surface area contributed by atoms with Gasteiger partial charge in [-0.05, 0) is 35.9 Å². The van der Waals surface area contributed by atoms with E-state index in [1.165, 1.54) is 30.2 Å². The minimum atomic E-state index is -1.33. The second-order valence-electron chi connectivity index (χ2n) is 6.08. The summed E-state index contributed by atoms with van der Waals surface area (Å²) in [5, 5.41) is 14.0. The molecule has 2 amide bonds. The number of methoxy groups -OCH3 is 1. The van der Waals surface area contributed by atoms with E-state index in [4.69, 9.17) is 16.3 Å². The minimum Gasteiger partial charge on any atom is -0.545 e. The van der Waals surface area contributed by atoms with Crippen LogP contribution >= 0.6 is 11.6 Å². The van der Waals surface area contributed by atoms with E-state index >= 15 is 0 Å². The lowest BCUT2D eigenvalue weighted by atomic mass is 10.1. The van der Waals surface area contributed by atoms with E-state index in [0.717, 1.165) is 0 Å². The lowest BCUT2D eigenvalue weighted by Crippen LogP contribution is -2.28. The highest BCUT2D eigenvalue weighted by Crippen LogP contribution is 2.35. The average Bonchev–Trinajstić information content (AvgIpc) is 3.03. The molecule has 0 saturated carbocycles. The molecule has 1 fully saturated rings. The van der Waals surface area contributed by atoms with Crippen molar-refractivity contribution in [3.63, 3.8) is 0 Å². The molecule has 8 heteroatoms. The maximum Gasteiger partial charge on any atom is 0.229 e. The molecule has 140 valence electrons. The number of carboxylic acids is 1. The van der Waals surface area contributed by atoms with E-state index < -0.39 is 11.9 Å². The number of nitrogens with one attached hydrogen (secondary N) is 1. The number of hydrogen-bond acceptors (Lipinski definition) is 5. The molecule has 1 heterocycles. The van der Waals surface area contributed by atoms with Crippen molar-refractivity contribution in [3.05, 3.63) is 53.1 Å². The third-order valence-corrected chi connectivity index (χ3v) is 4.53. The quantitative estimate of drug-likeness (QED) is 0.841. The first-order chi connectivity index (χ1) is 12.9. The predicted molar refractivity (Wildman–Crippen MR) is 97.9 cm³/mol. The van der Waals surface area contributed by atoms with Gasteiger partial charge in [0, 0.05) is 23.7 Å². The molecule has 1 saturated heterocycles. The number of aromatic carboxylic acids is 1. The Hall–Kier alpha value is -3.06. The van der Waals surface area contributed by atoms with Crippen LogP contribution in [0.1, 0.15) is 16.8 Å². The second-order valence-corrected chi connectivity index (χ2v) is 6.52. The molecule has 0 aliphatic carbocycles. The van der Waals surface area contributed by atoms with Gasteiger partial charge in [-0.3, -0.25) is 9.59 Å². The van der Waals surface area contributed by atoms with Gasteiger partial charge in [0.15, 0.2) is 0 Å². The lowest BCUT2D eigenvalue weighted by Gasteiger charge is -2.20. The van der Waals surface area contributed by atoms with Crippen molar-refractivity contribution in [2.24, 2.45) is 5.92 Å². The summed E-state index contributed by atoms with van der Waals surface area (Å²) in [7, 11) is 1.49. The van der Waals surface area contributed by atoms with Gasteiger partial charge in [0.25, 0.3) is 0 Å². The number of ether oxygens (including phenoxy) is 1. The normalized spacial score (nSPS) is 16.3. The molecule has 0 spiro atoms. The molecule has 2 aromatic rings. The molecule has 1 atom stereocenters. The van der Waals surface area contributed by atoms with Gasteiger partial charge in [0.2, 0.25) is 11.8 Å². The fourth-order valence-corrected chi connectivity index (χ4v) is 3.12. The van der Waals surface area contributed by atoms with Crippen molar-refractivity contribution >= 4 is 40.8 Å². The van der Waals surface area contributed by atoms with E-state index in [1.807, 2.05) is 0 Å². The van der Waals surface area contributed by atoms with Crippen LogP contribution in [0.4, 0.5) is 11.4 Å². The fraction of sp³-hybridized carbons (Fsp3) is 0.211. The van der Waals surface area contributed by atoms with Crippen molar-refractivity contribution in [3.8, 4) is 5.75 Å². The van der Waals surface area contributed by atoms with Gasteiger partial charge in [-0.15, -0.1) is 0 Å². The van der Waals surface area contributed by atoms with Crippen molar-refractivity contribution in [1.29, 1.82) is 0 Å². The molecule has 1 aliphatic rings. The van der Waals surface area contributed by atoms with E-state index in [-0.39, 0.29) is 30.3 Å². The molecule has 3 rings (SSSR count). The Morgan fingerprint density at radius 1 is 1.26 bits per heavy atom. The van der Waals surface area contributed by atoms with Crippen molar-refractivity contribution in [2.45, 2.75) is 6.42 Å². The van der Waals surface area contributed by atoms with Crippen LogP contribution in [0, 0.1) is 5.92 Å². The SMILES string of the molecule is COc1ccc(Cl)cc1N1C[C@@H](C(=O)Nc2cccc(C(=O)[O-])c2)CC1=O. The Bertz CT molecular complexity index is 915. The Morgan fingerprint density at radius 3 is 2.74 bits per heavy atom. The molecule has 27 heavy (non-hydrogen) atoms. The number of amides is 2. The zero-order valence-corrected chi connectivity index (χ0v) is 15.2. The molecule has 0 aromatic heterocycles. The highest BCUT2D eigenvalue weighted by molar-refractivity contribution is 6.31. The summed E-state index contributed by atoms with van der Waals surface area (Å²) >= 11 is 6.02. The van der Waals surface area contributed by atoms with Crippen LogP contribution in [0.25, 0.3) is 0 Å². The Labute approximate surface area is 160 Å². The van der Waals surface area contributed by atoms with Crippen LogP contribution in [0.15, 0.2) is 42.5 Å². The van der Waals surface area contributed by atoms with E-state index in [2.05, 4.69) is 5.32 Å². The van der Waals surface area contributed by atoms with Gasteiger partial charge >= 0.3 is 0 Å². The van der Waals surface area contributed by atoms with E-state index in [1.54, 1.807) is 24.3 Å². The second kappa shape index (κ2) is 7.67. The van der Waals surface area contributed by atoms with Crippen LogP contribution in [0.2, 0.25) is 5.02 Å². The molecule has 0 bridgehead atoms. The summed E-state index contributed by atoms with van der Waals surface area (Å²) in [6.45, 7) is 0.168. The number of carboxylic acid groups (broad SMARTS) is 1.